The SMILES string of the molecule is O=C(Cc1csc(-c2ccco2)n1)N1CCC[C@H]2CCCC[C@@H]21. The third-order valence-electron chi connectivity index (χ3n) is 5.18. The van der Waals surface area contributed by atoms with Crippen molar-refractivity contribution in [3.05, 3.63) is 29.5 Å². The molecule has 0 spiro atoms. The highest BCUT2D eigenvalue weighted by Gasteiger charge is 2.35. The predicted octanol–water partition coefficient (Wildman–Crippen LogP) is 4.13. The van der Waals surface area contributed by atoms with Gasteiger partial charge >= 0.3 is 0 Å². The van der Waals surface area contributed by atoms with Gasteiger partial charge in [-0.1, -0.05) is 12.8 Å². The summed E-state index contributed by atoms with van der Waals surface area (Å²) < 4.78 is 5.38. The summed E-state index contributed by atoms with van der Waals surface area (Å²) in [5.74, 6) is 1.76. The van der Waals surface area contributed by atoms with Crippen molar-refractivity contribution in [2.24, 2.45) is 5.92 Å². The van der Waals surface area contributed by atoms with Crippen molar-refractivity contribution in [3.63, 3.8) is 0 Å². The van der Waals surface area contributed by atoms with Gasteiger partial charge in [0.25, 0.3) is 0 Å². The Hall–Kier alpha value is -1.62. The number of rotatable bonds is 3. The lowest BCUT2D eigenvalue weighted by Gasteiger charge is -2.44. The van der Waals surface area contributed by atoms with Crippen LogP contribution in [0, 0.1) is 5.92 Å². The van der Waals surface area contributed by atoms with Crippen molar-refractivity contribution in [2.75, 3.05) is 6.54 Å². The third-order valence-corrected chi connectivity index (χ3v) is 6.09. The van der Waals surface area contributed by atoms with E-state index in [9.17, 15) is 4.79 Å². The smallest absolute Gasteiger partial charge is 0.228 e. The van der Waals surface area contributed by atoms with E-state index in [-0.39, 0.29) is 5.91 Å². The van der Waals surface area contributed by atoms with Gasteiger partial charge in [0.1, 0.15) is 0 Å². The molecule has 4 nitrogen and oxygen atoms in total. The average molecular weight is 330 g/mol. The zero-order valence-electron chi connectivity index (χ0n) is 13.2. The maximum absolute atomic E-state index is 12.8. The minimum Gasteiger partial charge on any atom is -0.462 e. The summed E-state index contributed by atoms with van der Waals surface area (Å²) in [6, 6.07) is 4.24. The molecule has 0 radical (unpaired) electrons. The van der Waals surface area contributed by atoms with Crippen LogP contribution in [0.4, 0.5) is 0 Å². The van der Waals surface area contributed by atoms with Crippen molar-refractivity contribution < 1.29 is 9.21 Å². The molecule has 122 valence electrons. The van der Waals surface area contributed by atoms with Crippen molar-refractivity contribution in [3.8, 4) is 10.8 Å². The van der Waals surface area contributed by atoms with E-state index in [0.717, 1.165) is 35.3 Å². The number of carbonyl (C=O) groups excluding carboxylic acids is 1. The van der Waals surface area contributed by atoms with Crippen LogP contribution in [0.3, 0.4) is 0 Å². The van der Waals surface area contributed by atoms with E-state index in [4.69, 9.17) is 4.42 Å². The number of aromatic nitrogens is 1. The first kappa shape index (κ1) is 14.9. The maximum Gasteiger partial charge on any atom is 0.228 e. The molecule has 1 aliphatic heterocycles. The molecule has 2 atom stereocenters. The van der Waals surface area contributed by atoms with Gasteiger partial charge < -0.3 is 9.32 Å². The van der Waals surface area contributed by atoms with Crippen LogP contribution in [0.5, 0.6) is 0 Å². The molecule has 2 aromatic heterocycles. The summed E-state index contributed by atoms with van der Waals surface area (Å²) in [5.41, 5.74) is 0.865. The van der Waals surface area contributed by atoms with Gasteiger partial charge in [-0.25, -0.2) is 4.98 Å². The summed E-state index contributed by atoms with van der Waals surface area (Å²) in [5, 5.41) is 2.84. The first-order chi connectivity index (χ1) is 11.3. The number of nitrogens with zero attached hydrogens (tertiary/aromatic N) is 2. The van der Waals surface area contributed by atoms with Crippen molar-refractivity contribution in [2.45, 2.75) is 51.0 Å². The third kappa shape index (κ3) is 3.07. The van der Waals surface area contributed by atoms with Crippen LogP contribution >= 0.6 is 11.3 Å². The number of carbonyl (C=O) groups is 1. The number of fused-ring (bicyclic) bond motifs is 1. The van der Waals surface area contributed by atoms with E-state index in [1.54, 1.807) is 17.6 Å². The zero-order valence-corrected chi connectivity index (χ0v) is 14.1. The van der Waals surface area contributed by atoms with E-state index in [0.29, 0.717) is 12.5 Å². The molecule has 0 unspecified atom stereocenters. The minimum absolute atomic E-state index is 0.248. The molecule has 2 fully saturated rings. The standard InChI is InChI=1S/C18H22N2O2S/c21-17(20-9-3-6-13-5-1-2-7-15(13)20)11-14-12-23-18(19-14)16-8-4-10-22-16/h4,8,10,12-13,15H,1-3,5-7,9,11H2/t13-,15+/m1/s1. The monoisotopic (exact) mass is 330 g/mol. The fourth-order valence-corrected chi connectivity index (χ4v) is 4.88. The van der Waals surface area contributed by atoms with E-state index in [2.05, 4.69) is 9.88 Å². The van der Waals surface area contributed by atoms with Gasteiger partial charge in [0.15, 0.2) is 10.8 Å². The molecule has 5 heteroatoms. The van der Waals surface area contributed by atoms with E-state index >= 15 is 0 Å². The second-order valence-corrected chi connectivity index (χ2v) is 7.50. The highest BCUT2D eigenvalue weighted by atomic mass is 32.1. The zero-order chi connectivity index (χ0) is 15.6. The molecule has 2 aromatic rings. The lowest BCUT2D eigenvalue weighted by atomic mass is 9.78. The number of likely N-dealkylation sites (tertiary alicyclic amines) is 1. The Morgan fingerprint density at radius 3 is 3.04 bits per heavy atom. The molecule has 23 heavy (non-hydrogen) atoms. The molecule has 1 saturated carbocycles. The molecule has 3 heterocycles. The topological polar surface area (TPSA) is 46.3 Å². The highest BCUT2D eigenvalue weighted by molar-refractivity contribution is 7.13. The lowest BCUT2D eigenvalue weighted by molar-refractivity contribution is -0.136. The number of furan rings is 1. The van der Waals surface area contributed by atoms with Crippen LogP contribution in [0.25, 0.3) is 10.8 Å². The molecular formula is C18H22N2O2S. The van der Waals surface area contributed by atoms with Crippen LogP contribution < -0.4 is 0 Å². The number of hydrogen-bond donors (Lipinski definition) is 0. The Morgan fingerprint density at radius 2 is 2.17 bits per heavy atom. The van der Waals surface area contributed by atoms with Crippen LogP contribution in [-0.2, 0) is 11.2 Å². The number of thiazole rings is 1. The van der Waals surface area contributed by atoms with Crippen molar-refractivity contribution >= 4 is 17.2 Å². The van der Waals surface area contributed by atoms with Gasteiger partial charge in [0.05, 0.1) is 18.4 Å². The maximum atomic E-state index is 12.8. The Balaban J connectivity index is 1.45. The molecule has 2 aliphatic rings. The molecule has 4 rings (SSSR count). The quantitative estimate of drug-likeness (QED) is 0.850. The van der Waals surface area contributed by atoms with Gasteiger partial charge in [-0.05, 0) is 43.7 Å². The van der Waals surface area contributed by atoms with Crippen LogP contribution in [0.1, 0.15) is 44.2 Å². The Labute approximate surface area is 140 Å². The number of amides is 1. The number of hydrogen-bond acceptors (Lipinski definition) is 4. The fourth-order valence-electron chi connectivity index (χ4n) is 4.09. The molecular weight excluding hydrogens is 308 g/mol. The van der Waals surface area contributed by atoms with Crippen molar-refractivity contribution in [1.29, 1.82) is 0 Å². The summed E-state index contributed by atoms with van der Waals surface area (Å²) in [6.07, 6.45) is 9.61. The minimum atomic E-state index is 0.248. The fraction of sp³-hybridized carbons (Fsp3) is 0.556. The summed E-state index contributed by atoms with van der Waals surface area (Å²) >= 11 is 1.54. The highest BCUT2D eigenvalue weighted by Crippen LogP contribution is 2.35. The van der Waals surface area contributed by atoms with E-state index < -0.39 is 0 Å². The second kappa shape index (κ2) is 6.48. The number of piperidine rings is 1. The predicted molar refractivity (Wildman–Crippen MR) is 90.2 cm³/mol. The van der Waals surface area contributed by atoms with Crippen LogP contribution in [0.2, 0.25) is 0 Å². The van der Waals surface area contributed by atoms with Crippen molar-refractivity contribution in [1.82, 2.24) is 9.88 Å². The summed E-state index contributed by atoms with van der Waals surface area (Å²) in [6.45, 7) is 0.926. The van der Waals surface area contributed by atoms with Gasteiger partial charge in [-0.2, -0.15) is 0 Å². The Kier molecular flexibility index (Phi) is 4.21. The molecule has 0 N–H and O–H groups in total. The first-order valence-corrected chi connectivity index (χ1v) is 9.47. The molecule has 0 bridgehead atoms. The summed E-state index contributed by atoms with van der Waals surface area (Å²) in [4.78, 5) is 19.5. The van der Waals surface area contributed by atoms with Crippen LogP contribution in [0.15, 0.2) is 28.2 Å². The Morgan fingerprint density at radius 1 is 1.30 bits per heavy atom. The average Bonchev–Trinajstić information content (AvgIpc) is 3.25. The first-order valence-electron chi connectivity index (χ1n) is 8.59. The largest absolute Gasteiger partial charge is 0.462 e. The van der Waals surface area contributed by atoms with Gasteiger partial charge in [-0.15, -0.1) is 11.3 Å². The van der Waals surface area contributed by atoms with Gasteiger partial charge in [-0.3, -0.25) is 4.79 Å². The van der Waals surface area contributed by atoms with E-state index in [1.807, 2.05) is 17.5 Å². The lowest BCUT2D eigenvalue weighted by Crippen LogP contribution is -2.50. The molecule has 0 aromatic carbocycles. The summed E-state index contributed by atoms with van der Waals surface area (Å²) in [7, 11) is 0. The van der Waals surface area contributed by atoms with Gasteiger partial charge in [0.2, 0.25) is 5.91 Å². The molecule has 1 amide bonds. The van der Waals surface area contributed by atoms with Crippen LogP contribution in [-0.4, -0.2) is 28.4 Å². The second-order valence-electron chi connectivity index (χ2n) is 6.64. The van der Waals surface area contributed by atoms with E-state index in [1.165, 1.54) is 32.1 Å². The molecule has 1 aliphatic carbocycles. The van der Waals surface area contributed by atoms with Gasteiger partial charge in [0, 0.05) is 18.0 Å². The molecule has 1 saturated heterocycles. The Bertz CT molecular complexity index is 662. The normalized spacial score (nSPS) is 24.4.